The maximum absolute atomic E-state index is 9.92. The molecule has 1 aromatic heterocycles. The highest BCUT2D eigenvalue weighted by Gasteiger charge is 2.26. The lowest BCUT2D eigenvalue weighted by atomic mass is 9.99. The van der Waals surface area contributed by atoms with Gasteiger partial charge in [-0.25, -0.2) is 4.98 Å². The van der Waals surface area contributed by atoms with Crippen LogP contribution in [-0.2, 0) is 11.2 Å². The molecule has 1 fully saturated rings. The molecule has 0 bridgehead atoms. The lowest BCUT2D eigenvalue weighted by molar-refractivity contribution is 0.0852. The molecule has 3 nitrogen and oxygen atoms in total. The first kappa shape index (κ1) is 10.7. The van der Waals surface area contributed by atoms with Crippen molar-refractivity contribution in [2.24, 2.45) is 0 Å². The number of ether oxygens (including phenoxy) is 1. The number of rotatable bonds is 1. The summed E-state index contributed by atoms with van der Waals surface area (Å²) >= 11 is 1.73. The fourth-order valence-corrected chi connectivity index (χ4v) is 3.84. The number of hydrogen-bond acceptors (Lipinski definition) is 4. The second-order valence-electron chi connectivity index (χ2n) is 4.66. The van der Waals surface area contributed by atoms with Crippen molar-refractivity contribution in [3.05, 3.63) is 15.6 Å². The van der Waals surface area contributed by atoms with E-state index in [-0.39, 0.29) is 6.10 Å². The van der Waals surface area contributed by atoms with Crippen LogP contribution in [0.25, 0.3) is 0 Å². The molecule has 4 heteroatoms. The zero-order valence-electron chi connectivity index (χ0n) is 9.32. The lowest BCUT2D eigenvalue weighted by Gasteiger charge is -2.19. The largest absolute Gasteiger partial charge is 0.388 e. The van der Waals surface area contributed by atoms with Gasteiger partial charge in [-0.15, -0.1) is 11.3 Å². The van der Waals surface area contributed by atoms with Gasteiger partial charge in [0.1, 0.15) is 0 Å². The molecule has 1 aliphatic heterocycles. The minimum absolute atomic E-state index is 0.255. The minimum Gasteiger partial charge on any atom is -0.388 e. The minimum atomic E-state index is -0.255. The van der Waals surface area contributed by atoms with Crippen LogP contribution in [0, 0.1) is 0 Å². The van der Waals surface area contributed by atoms with Gasteiger partial charge in [-0.3, -0.25) is 0 Å². The first-order valence-corrected chi connectivity index (χ1v) is 6.91. The molecular formula is C12H17NO2S. The van der Waals surface area contributed by atoms with Gasteiger partial charge < -0.3 is 9.84 Å². The Morgan fingerprint density at radius 1 is 1.25 bits per heavy atom. The summed E-state index contributed by atoms with van der Waals surface area (Å²) in [5.41, 5.74) is 1.16. The first-order valence-electron chi connectivity index (χ1n) is 6.10. The van der Waals surface area contributed by atoms with Crippen molar-refractivity contribution in [2.75, 3.05) is 13.2 Å². The maximum atomic E-state index is 9.92. The summed E-state index contributed by atoms with van der Waals surface area (Å²) < 4.78 is 5.37. The molecule has 0 aromatic carbocycles. The van der Waals surface area contributed by atoms with Crippen LogP contribution in [0.15, 0.2) is 0 Å². The zero-order valence-corrected chi connectivity index (χ0v) is 10.1. The van der Waals surface area contributed by atoms with Gasteiger partial charge in [0, 0.05) is 19.1 Å². The number of aliphatic hydroxyl groups excluding tert-OH is 1. The van der Waals surface area contributed by atoms with E-state index >= 15 is 0 Å². The molecule has 1 saturated heterocycles. The van der Waals surface area contributed by atoms with Crippen LogP contribution in [-0.4, -0.2) is 23.3 Å². The second kappa shape index (κ2) is 4.43. The Bertz CT molecular complexity index is 371. The predicted octanol–water partition coefficient (Wildman–Crippen LogP) is 2.41. The standard InChI is InChI=1S/C12H17NO2S/c14-10-3-1-2-9-11(10)16-12(13-9)8-4-6-15-7-5-8/h8,10,14H,1-7H2. The Morgan fingerprint density at radius 2 is 2.06 bits per heavy atom. The Labute approximate surface area is 99.5 Å². The lowest BCUT2D eigenvalue weighted by Crippen LogP contribution is -2.13. The van der Waals surface area contributed by atoms with Gasteiger partial charge in [-0.05, 0) is 32.1 Å². The van der Waals surface area contributed by atoms with Crippen LogP contribution in [0.4, 0.5) is 0 Å². The van der Waals surface area contributed by atoms with Crippen molar-refractivity contribution < 1.29 is 9.84 Å². The SMILES string of the molecule is OC1CCCc2nc(C3CCOCC3)sc21. The van der Waals surface area contributed by atoms with Gasteiger partial charge in [-0.1, -0.05) is 0 Å². The Hall–Kier alpha value is -0.450. The molecule has 0 radical (unpaired) electrons. The van der Waals surface area contributed by atoms with E-state index in [0.29, 0.717) is 5.92 Å². The van der Waals surface area contributed by atoms with E-state index in [2.05, 4.69) is 0 Å². The fourth-order valence-electron chi connectivity index (χ4n) is 2.54. The summed E-state index contributed by atoms with van der Waals surface area (Å²) in [6.07, 6.45) is 4.94. The van der Waals surface area contributed by atoms with E-state index in [4.69, 9.17) is 9.72 Å². The Kier molecular flexibility index (Phi) is 2.96. The number of aryl methyl sites for hydroxylation is 1. The summed E-state index contributed by atoms with van der Waals surface area (Å²) in [4.78, 5) is 5.86. The molecule has 2 heterocycles. The predicted molar refractivity (Wildman–Crippen MR) is 62.8 cm³/mol. The molecule has 1 aromatic rings. The van der Waals surface area contributed by atoms with Crippen molar-refractivity contribution in [1.29, 1.82) is 0 Å². The third-order valence-electron chi connectivity index (χ3n) is 3.51. The molecule has 1 atom stereocenters. The van der Waals surface area contributed by atoms with E-state index in [9.17, 15) is 5.11 Å². The Morgan fingerprint density at radius 3 is 2.81 bits per heavy atom. The number of nitrogens with zero attached hydrogens (tertiary/aromatic N) is 1. The number of thiazole rings is 1. The van der Waals surface area contributed by atoms with Gasteiger partial charge in [0.15, 0.2) is 0 Å². The fraction of sp³-hybridized carbons (Fsp3) is 0.750. The molecule has 0 saturated carbocycles. The Balaban J connectivity index is 1.85. The van der Waals surface area contributed by atoms with E-state index < -0.39 is 0 Å². The van der Waals surface area contributed by atoms with Gasteiger partial charge in [0.05, 0.1) is 21.7 Å². The van der Waals surface area contributed by atoms with E-state index in [1.807, 2.05) is 0 Å². The molecule has 88 valence electrons. The number of aromatic nitrogens is 1. The van der Waals surface area contributed by atoms with Gasteiger partial charge in [0.2, 0.25) is 0 Å². The molecular weight excluding hydrogens is 222 g/mol. The maximum Gasteiger partial charge on any atom is 0.0964 e. The van der Waals surface area contributed by atoms with E-state index in [0.717, 1.165) is 55.9 Å². The monoisotopic (exact) mass is 239 g/mol. The van der Waals surface area contributed by atoms with E-state index in [1.54, 1.807) is 11.3 Å². The summed E-state index contributed by atoms with van der Waals surface area (Å²) in [5, 5.41) is 11.1. The summed E-state index contributed by atoms with van der Waals surface area (Å²) in [6.45, 7) is 1.72. The van der Waals surface area contributed by atoms with Crippen LogP contribution < -0.4 is 0 Å². The average molecular weight is 239 g/mol. The molecule has 1 aliphatic carbocycles. The molecule has 0 amide bonds. The summed E-state index contributed by atoms with van der Waals surface area (Å²) in [6, 6.07) is 0. The highest BCUT2D eigenvalue weighted by Crippen LogP contribution is 2.38. The quantitative estimate of drug-likeness (QED) is 0.818. The molecule has 1 unspecified atom stereocenters. The van der Waals surface area contributed by atoms with Gasteiger partial charge in [0.25, 0.3) is 0 Å². The van der Waals surface area contributed by atoms with Crippen LogP contribution in [0.2, 0.25) is 0 Å². The molecule has 16 heavy (non-hydrogen) atoms. The van der Waals surface area contributed by atoms with Crippen molar-refractivity contribution >= 4 is 11.3 Å². The molecule has 2 aliphatic rings. The number of aliphatic hydroxyl groups is 1. The molecule has 3 rings (SSSR count). The van der Waals surface area contributed by atoms with Crippen molar-refractivity contribution in [3.8, 4) is 0 Å². The van der Waals surface area contributed by atoms with Crippen LogP contribution in [0.5, 0.6) is 0 Å². The third-order valence-corrected chi connectivity index (χ3v) is 4.87. The van der Waals surface area contributed by atoms with E-state index in [1.165, 1.54) is 5.01 Å². The van der Waals surface area contributed by atoms with Crippen molar-refractivity contribution in [3.63, 3.8) is 0 Å². The average Bonchev–Trinajstić information content (AvgIpc) is 2.76. The highest BCUT2D eigenvalue weighted by atomic mass is 32.1. The zero-order chi connectivity index (χ0) is 11.0. The van der Waals surface area contributed by atoms with Crippen molar-refractivity contribution in [1.82, 2.24) is 4.98 Å². The second-order valence-corrected chi connectivity index (χ2v) is 5.72. The summed E-state index contributed by atoms with van der Waals surface area (Å²) in [7, 11) is 0. The topological polar surface area (TPSA) is 42.4 Å². The van der Waals surface area contributed by atoms with Gasteiger partial charge in [-0.2, -0.15) is 0 Å². The molecule has 1 N–H and O–H groups in total. The highest BCUT2D eigenvalue weighted by molar-refractivity contribution is 7.11. The van der Waals surface area contributed by atoms with Crippen LogP contribution >= 0.6 is 11.3 Å². The molecule has 0 spiro atoms. The number of hydrogen-bond donors (Lipinski definition) is 1. The van der Waals surface area contributed by atoms with Crippen LogP contribution in [0.3, 0.4) is 0 Å². The summed E-state index contributed by atoms with van der Waals surface area (Å²) in [5.74, 6) is 0.566. The smallest absolute Gasteiger partial charge is 0.0964 e. The van der Waals surface area contributed by atoms with Crippen LogP contribution in [0.1, 0.15) is 53.3 Å². The van der Waals surface area contributed by atoms with Gasteiger partial charge >= 0.3 is 0 Å². The number of fused-ring (bicyclic) bond motifs is 1. The van der Waals surface area contributed by atoms with Crippen molar-refractivity contribution in [2.45, 2.75) is 44.1 Å². The normalized spacial score (nSPS) is 26.7. The first-order chi connectivity index (χ1) is 7.84. The third kappa shape index (κ3) is 1.90.